The van der Waals surface area contributed by atoms with Gasteiger partial charge in [0.25, 0.3) is 0 Å². The van der Waals surface area contributed by atoms with Crippen molar-refractivity contribution >= 4 is 22.9 Å². The largest absolute Gasteiger partial charge is 0.466 e. The number of carbonyl (C=O) groups is 1. The summed E-state index contributed by atoms with van der Waals surface area (Å²) < 4.78 is 20.9. The van der Waals surface area contributed by atoms with Crippen LogP contribution in [-0.2, 0) is 9.53 Å². The van der Waals surface area contributed by atoms with Crippen molar-refractivity contribution in [3.8, 4) is 11.1 Å². The van der Waals surface area contributed by atoms with Gasteiger partial charge >= 0.3 is 5.97 Å². The number of halogens is 1. The summed E-state index contributed by atoms with van der Waals surface area (Å²) in [7, 11) is 0. The van der Waals surface area contributed by atoms with Gasteiger partial charge in [0.05, 0.1) is 25.2 Å². The second-order valence-corrected chi connectivity index (χ2v) is 8.84. The number of carbonyl (C=O) groups excluding carboxylic acids is 1. The molecule has 2 unspecified atom stereocenters. The molecule has 34 heavy (non-hydrogen) atoms. The van der Waals surface area contributed by atoms with Gasteiger partial charge in [-0.1, -0.05) is 49.8 Å². The van der Waals surface area contributed by atoms with Gasteiger partial charge in [-0.25, -0.2) is 4.39 Å². The molecule has 1 heterocycles. The van der Waals surface area contributed by atoms with E-state index in [1.165, 1.54) is 12.1 Å². The van der Waals surface area contributed by atoms with E-state index < -0.39 is 18.2 Å². The van der Waals surface area contributed by atoms with Gasteiger partial charge in [-0.3, -0.25) is 4.79 Å². The Morgan fingerprint density at radius 1 is 1.12 bits per heavy atom. The van der Waals surface area contributed by atoms with E-state index in [0.29, 0.717) is 6.61 Å². The molecule has 6 heteroatoms. The molecule has 0 aliphatic heterocycles. The summed E-state index contributed by atoms with van der Waals surface area (Å²) in [6.07, 6.45) is 3.11. The molecule has 2 aromatic carbocycles. The molecule has 0 bridgehead atoms. The van der Waals surface area contributed by atoms with Crippen LogP contribution in [0.3, 0.4) is 0 Å². The number of rotatable bonds is 11. The molecule has 0 amide bonds. The SMILES string of the molecule is CCCCOC(=O)CC(O)CC(O)/C=C/c1c(-c2ccc(F)cc2)c2ccccc2n1C(C)C. The maximum Gasteiger partial charge on any atom is 0.308 e. The van der Waals surface area contributed by atoms with E-state index in [0.717, 1.165) is 40.6 Å². The maximum atomic E-state index is 13.6. The highest BCUT2D eigenvalue weighted by molar-refractivity contribution is 6.01. The number of para-hydroxylation sites is 1. The van der Waals surface area contributed by atoms with Crippen LogP contribution in [-0.4, -0.2) is 39.6 Å². The van der Waals surface area contributed by atoms with Crippen LogP contribution in [0.5, 0.6) is 0 Å². The van der Waals surface area contributed by atoms with Gasteiger partial charge in [0, 0.05) is 34.6 Å². The summed E-state index contributed by atoms with van der Waals surface area (Å²) >= 11 is 0. The lowest BCUT2D eigenvalue weighted by Crippen LogP contribution is -2.21. The molecule has 1 aromatic heterocycles. The van der Waals surface area contributed by atoms with Crippen molar-refractivity contribution in [2.75, 3.05) is 6.61 Å². The average Bonchev–Trinajstić information content (AvgIpc) is 3.12. The molecule has 3 aromatic rings. The predicted octanol–water partition coefficient (Wildman–Crippen LogP) is 5.89. The molecule has 0 spiro atoms. The number of hydrogen-bond donors (Lipinski definition) is 2. The lowest BCUT2D eigenvalue weighted by molar-refractivity contribution is -0.146. The number of hydrogen-bond acceptors (Lipinski definition) is 4. The number of aromatic nitrogens is 1. The number of ether oxygens (including phenoxy) is 1. The number of aliphatic hydroxyl groups is 2. The highest BCUT2D eigenvalue weighted by Gasteiger charge is 2.20. The third kappa shape index (κ3) is 6.33. The van der Waals surface area contributed by atoms with Crippen LogP contribution in [0.4, 0.5) is 4.39 Å². The van der Waals surface area contributed by atoms with E-state index in [1.807, 2.05) is 37.3 Å². The molecule has 0 radical (unpaired) electrons. The Labute approximate surface area is 200 Å². The first-order chi connectivity index (χ1) is 16.3. The highest BCUT2D eigenvalue weighted by Crippen LogP contribution is 2.38. The van der Waals surface area contributed by atoms with Crippen molar-refractivity contribution in [1.29, 1.82) is 0 Å². The molecule has 182 valence electrons. The molecule has 0 fully saturated rings. The van der Waals surface area contributed by atoms with Gasteiger partial charge in [0.15, 0.2) is 0 Å². The monoisotopic (exact) mass is 467 g/mol. The van der Waals surface area contributed by atoms with Crippen molar-refractivity contribution < 1.29 is 24.1 Å². The average molecular weight is 468 g/mol. The number of aliphatic hydroxyl groups excluding tert-OH is 2. The minimum atomic E-state index is -0.999. The van der Waals surface area contributed by atoms with Crippen LogP contribution in [0, 0.1) is 5.82 Å². The molecule has 0 aliphatic carbocycles. The van der Waals surface area contributed by atoms with Crippen LogP contribution in [0.15, 0.2) is 54.6 Å². The van der Waals surface area contributed by atoms with E-state index in [-0.39, 0.29) is 24.7 Å². The van der Waals surface area contributed by atoms with Gasteiger partial charge in [0.1, 0.15) is 5.82 Å². The summed E-state index contributed by atoms with van der Waals surface area (Å²) in [5.74, 6) is -0.762. The van der Waals surface area contributed by atoms with E-state index in [9.17, 15) is 19.4 Å². The zero-order chi connectivity index (χ0) is 24.7. The fourth-order valence-electron chi connectivity index (χ4n) is 4.15. The predicted molar refractivity (Wildman–Crippen MR) is 134 cm³/mol. The molecule has 2 atom stereocenters. The molecule has 0 saturated carbocycles. The van der Waals surface area contributed by atoms with Crippen LogP contribution in [0.25, 0.3) is 28.1 Å². The Morgan fingerprint density at radius 2 is 1.82 bits per heavy atom. The molecule has 0 aliphatic rings. The molecule has 0 saturated heterocycles. The smallest absolute Gasteiger partial charge is 0.308 e. The van der Waals surface area contributed by atoms with Crippen molar-refractivity contribution in [3.05, 3.63) is 66.1 Å². The second-order valence-electron chi connectivity index (χ2n) is 8.84. The van der Waals surface area contributed by atoms with Crippen LogP contribution >= 0.6 is 0 Å². The highest BCUT2D eigenvalue weighted by atomic mass is 19.1. The molecule has 2 N–H and O–H groups in total. The first kappa shape index (κ1) is 25.7. The molecule has 5 nitrogen and oxygen atoms in total. The van der Waals surface area contributed by atoms with Gasteiger partial charge in [-0.05, 0) is 50.1 Å². The first-order valence-electron chi connectivity index (χ1n) is 11.9. The molecule has 3 rings (SSSR count). The summed E-state index contributed by atoms with van der Waals surface area (Å²) in [5, 5.41) is 21.8. The Hall–Kier alpha value is -2.96. The topological polar surface area (TPSA) is 71.7 Å². The number of esters is 1. The van der Waals surface area contributed by atoms with E-state index in [4.69, 9.17) is 4.74 Å². The van der Waals surface area contributed by atoms with Crippen LogP contribution < -0.4 is 0 Å². The molecular weight excluding hydrogens is 433 g/mol. The maximum absolute atomic E-state index is 13.6. The van der Waals surface area contributed by atoms with Crippen molar-refractivity contribution in [2.45, 2.75) is 64.7 Å². The van der Waals surface area contributed by atoms with E-state index in [1.54, 1.807) is 18.2 Å². The molecular formula is C28H34FNO4. The standard InChI is InChI=1S/C28H34FNO4/c1-4-5-16-34-27(33)18-23(32)17-22(31)14-15-26-28(20-10-12-21(29)13-11-20)24-8-6-7-9-25(24)30(26)19(2)3/h6-15,19,22-23,31-32H,4-5,16-18H2,1-3H3/b15-14+. The first-order valence-corrected chi connectivity index (χ1v) is 11.9. The Kier molecular flexibility index (Phi) is 9.02. The van der Waals surface area contributed by atoms with Crippen LogP contribution in [0.2, 0.25) is 0 Å². The number of fused-ring (bicyclic) bond motifs is 1. The third-order valence-corrected chi connectivity index (χ3v) is 5.75. The normalized spacial score (nSPS) is 13.6. The van der Waals surface area contributed by atoms with Crippen molar-refractivity contribution in [1.82, 2.24) is 4.57 Å². The second kappa shape index (κ2) is 12.0. The minimum Gasteiger partial charge on any atom is -0.466 e. The lowest BCUT2D eigenvalue weighted by Gasteiger charge is -2.15. The van der Waals surface area contributed by atoms with Gasteiger partial charge < -0.3 is 19.5 Å². The quantitative estimate of drug-likeness (QED) is 0.273. The van der Waals surface area contributed by atoms with Crippen molar-refractivity contribution in [2.24, 2.45) is 0 Å². The summed E-state index contributed by atoms with van der Waals surface area (Å²) in [6, 6.07) is 14.6. The Morgan fingerprint density at radius 3 is 2.50 bits per heavy atom. The lowest BCUT2D eigenvalue weighted by atomic mass is 10.0. The summed E-state index contributed by atoms with van der Waals surface area (Å²) in [5.41, 5.74) is 3.75. The number of benzene rings is 2. The third-order valence-electron chi connectivity index (χ3n) is 5.75. The number of unbranched alkanes of at least 4 members (excludes halogenated alkanes) is 1. The number of nitrogens with zero attached hydrogens (tertiary/aromatic N) is 1. The minimum absolute atomic E-state index is 0.0210. The van der Waals surface area contributed by atoms with Gasteiger partial charge in [-0.15, -0.1) is 0 Å². The Bertz CT molecular complexity index is 1120. The summed E-state index contributed by atoms with van der Waals surface area (Å²) in [4.78, 5) is 11.8. The van der Waals surface area contributed by atoms with Gasteiger partial charge in [-0.2, -0.15) is 0 Å². The zero-order valence-electron chi connectivity index (χ0n) is 20.1. The Balaban J connectivity index is 1.87. The zero-order valence-corrected chi connectivity index (χ0v) is 20.1. The van der Waals surface area contributed by atoms with Gasteiger partial charge in [0.2, 0.25) is 0 Å². The van der Waals surface area contributed by atoms with E-state index >= 15 is 0 Å². The fourth-order valence-corrected chi connectivity index (χ4v) is 4.15. The van der Waals surface area contributed by atoms with Crippen LogP contribution in [0.1, 0.15) is 58.2 Å². The fraction of sp³-hybridized carbons (Fsp3) is 0.393. The van der Waals surface area contributed by atoms with E-state index in [2.05, 4.69) is 18.4 Å². The van der Waals surface area contributed by atoms with Crippen molar-refractivity contribution in [3.63, 3.8) is 0 Å². The summed E-state index contributed by atoms with van der Waals surface area (Å²) in [6.45, 7) is 6.52.